The van der Waals surface area contributed by atoms with E-state index < -0.39 is 0 Å². The van der Waals surface area contributed by atoms with Gasteiger partial charge in [-0.15, -0.1) is 0 Å². The first-order chi connectivity index (χ1) is 8.25. The summed E-state index contributed by atoms with van der Waals surface area (Å²) in [6.07, 6.45) is 2.94. The summed E-state index contributed by atoms with van der Waals surface area (Å²) in [7, 11) is 0. The molecule has 2 aromatic heterocycles. The van der Waals surface area contributed by atoms with E-state index in [1.165, 1.54) is 11.0 Å². The molecule has 1 aromatic carbocycles. The van der Waals surface area contributed by atoms with Crippen molar-refractivity contribution in [3.05, 3.63) is 45.5 Å². The van der Waals surface area contributed by atoms with Crippen LogP contribution in [0.15, 0.2) is 40.0 Å². The summed E-state index contributed by atoms with van der Waals surface area (Å²) in [4.78, 5) is 16.0. The SMILES string of the molecule is O=c1c2ccc(Br)cc2cnn1-c1ncn[nH]1. The van der Waals surface area contributed by atoms with Crippen LogP contribution in [-0.2, 0) is 0 Å². The second kappa shape index (κ2) is 3.77. The molecule has 0 amide bonds. The molecule has 0 aliphatic rings. The van der Waals surface area contributed by atoms with Crippen LogP contribution in [0.5, 0.6) is 0 Å². The number of rotatable bonds is 1. The molecule has 6 nitrogen and oxygen atoms in total. The molecule has 2 heterocycles. The van der Waals surface area contributed by atoms with Crippen molar-refractivity contribution in [2.45, 2.75) is 0 Å². The van der Waals surface area contributed by atoms with E-state index in [0.717, 1.165) is 9.86 Å². The van der Waals surface area contributed by atoms with Gasteiger partial charge in [0.25, 0.3) is 5.56 Å². The van der Waals surface area contributed by atoms with Crippen molar-refractivity contribution in [2.75, 3.05) is 0 Å². The van der Waals surface area contributed by atoms with Gasteiger partial charge in [0.2, 0.25) is 5.95 Å². The van der Waals surface area contributed by atoms with E-state index in [1.54, 1.807) is 12.3 Å². The van der Waals surface area contributed by atoms with Crippen LogP contribution in [0.3, 0.4) is 0 Å². The number of benzene rings is 1. The fourth-order valence-electron chi connectivity index (χ4n) is 1.57. The Bertz CT molecular complexity index is 734. The van der Waals surface area contributed by atoms with E-state index in [-0.39, 0.29) is 5.56 Å². The third kappa shape index (κ3) is 1.64. The van der Waals surface area contributed by atoms with Crippen molar-refractivity contribution in [1.82, 2.24) is 25.0 Å². The lowest BCUT2D eigenvalue weighted by molar-refractivity contribution is 0.767. The average Bonchev–Trinajstić information content (AvgIpc) is 2.82. The third-order valence-electron chi connectivity index (χ3n) is 2.35. The topological polar surface area (TPSA) is 76.5 Å². The van der Waals surface area contributed by atoms with E-state index in [0.29, 0.717) is 11.3 Å². The first-order valence-electron chi connectivity index (χ1n) is 4.79. The Kier molecular flexibility index (Phi) is 2.25. The van der Waals surface area contributed by atoms with Crippen molar-refractivity contribution in [1.29, 1.82) is 0 Å². The summed E-state index contributed by atoms with van der Waals surface area (Å²) in [5.41, 5.74) is -0.230. The second-order valence-electron chi connectivity index (χ2n) is 3.40. The Morgan fingerprint density at radius 3 is 3.00 bits per heavy atom. The molecule has 84 valence electrons. The Morgan fingerprint density at radius 2 is 2.24 bits per heavy atom. The largest absolute Gasteiger partial charge is 0.282 e. The Hall–Kier alpha value is -2.02. The molecular formula is C10H6BrN5O. The minimum absolute atomic E-state index is 0.230. The van der Waals surface area contributed by atoms with Crippen molar-refractivity contribution >= 4 is 26.7 Å². The minimum atomic E-state index is -0.230. The van der Waals surface area contributed by atoms with Gasteiger partial charge in [0.15, 0.2) is 0 Å². The van der Waals surface area contributed by atoms with Gasteiger partial charge in [-0.05, 0) is 18.2 Å². The van der Waals surface area contributed by atoms with Crippen molar-refractivity contribution < 1.29 is 0 Å². The lowest BCUT2D eigenvalue weighted by atomic mass is 10.2. The van der Waals surface area contributed by atoms with Gasteiger partial charge in [0, 0.05) is 9.86 Å². The highest BCUT2D eigenvalue weighted by Crippen LogP contribution is 2.16. The molecule has 0 saturated carbocycles. The summed E-state index contributed by atoms with van der Waals surface area (Å²) in [6.45, 7) is 0. The van der Waals surface area contributed by atoms with Gasteiger partial charge in [0.05, 0.1) is 11.6 Å². The number of nitrogens with one attached hydrogen (secondary N) is 1. The molecule has 0 aliphatic heterocycles. The number of halogens is 1. The van der Waals surface area contributed by atoms with Crippen molar-refractivity contribution in [3.8, 4) is 5.95 Å². The molecule has 7 heteroatoms. The smallest absolute Gasteiger partial charge is 0.267 e. The minimum Gasteiger partial charge on any atom is -0.267 e. The van der Waals surface area contributed by atoms with Crippen molar-refractivity contribution in [3.63, 3.8) is 0 Å². The standard InChI is InChI=1S/C10H6BrN5O/c11-7-1-2-8-6(3-7)4-14-16(9(8)17)10-12-5-13-15-10/h1-5H,(H,12,13,15). The van der Waals surface area contributed by atoms with Crippen LogP contribution in [0.1, 0.15) is 0 Å². The predicted molar refractivity (Wildman–Crippen MR) is 65.0 cm³/mol. The normalized spacial score (nSPS) is 10.9. The van der Waals surface area contributed by atoms with Crippen LogP contribution < -0.4 is 5.56 Å². The molecule has 0 bridgehead atoms. The zero-order chi connectivity index (χ0) is 11.8. The predicted octanol–water partition coefficient (Wildman–Crippen LogP) is 1.27. The molecule has 0 saturated heterocycles. The monoisotopic (exact) mass is 291 g/mol. The lowest BCUT2D eigenvalue weighted by Gasteiger charge is -2.02. The van der Waals surface area contributed by atoms with Crippen LogP contribution >= 0.6 is 15.9 Å². The van der Waals surface area contributed by atoms with Gasteiger partial charge in [-0.25, -0.2) is 5.10 Å². The van der Waals surface area contributed by atoms with Gasteiger partial charge in [-0.3, -0.25) is 4.79 Å². The quantitative estimate of drug-likeness (QED) is 0.732. The van der Waals surface area contributed by atoms with E-state index in [1.807, 2.05) is 12.1 Å². The van der Waals surface area contributed by atoms with Gasteiger partial charge in [0.1, 0.15) is 6.33 Å². The summed E-state index contributed by atoms with van der Waals surface area (Å²) in [5.74, 6) is 0.305. The third-order valence-corrected chi connectivity index (χ3v) is 2.84. The van der Waals surface area contributed by atoms with Crippen LogP contribution in [-0.4, -0.2) is 25.0 Å². The zero-order valence-electron chi connectivity index (χ0n) is 8.46. The Morgan fingerprint density at radius 1 is 1.35 bits per heavy atom. The first kappa shape index (κ1) is 10.2. The maximum absolute atomic E-state index is 12.1. The second-order valence-corrected chi connectivity index (χ2v) is 4.32. The average molecular weight is 292 g/mol. The molecule has 17 heavy (non-hydrogen) atoms. The number of nitrogens with zero attached hydrogens (tertiary/aromatic N) is 4. The molecule has 1 N–H and O–H groups in total. The number of hydrogen-bond acceptors (Lipinski definition) is 4. The number of hydrogen-bond donors (Lipinski definition) is 1. The van der Waals surface area contributed by atoms with Crippen molar-refractivity contribution in [2.24, 2.45) is 0 Å². The maximum Gasteiger partial charge on any atom is 0.282 e. The zero-order valence-corrected chi connectivity index (χ0v) is 10.0. The molecule has 3 aromatic rings. The number of aromatic nitrogens is 5. The number of aromatic amines is 1. The first-order valence-corrected chi connectivity index (χ1v) is 5.58. The maximum atomic E-state index is 12.1. The molecule has 0 aliphatic carbocycles. The van der Waals surface area contributed by atoms with E-state index >= 15 is 0 Å². The van der Waals surface area contributed by atoms with E-state index in [4.69, 9.17) is 0 Å². The highest BCUT2D eigenvalue weighted by Gasteiger charge is 2.07. The van der Waals surface area contributed by atoms with Gasteiger partial charge in [-0.2, -0.15) is 19.9 Å². The summed E-state index contributed by atoms with van der Waals surface area (Å²) in [5, 5.41) is 11.7. The van der Waals surface area contributed by atoms with Gasteiger partial charge >= 0.3 is 0 Å². The Balaban J connectivity index is 2.34. The van der Waals surface area contributed by atoms with Crippen LogP contribution in [0.4, 0.5) is 0 Å². The van der Waals surface area contributed by atoms with Crippen LogP contribution in [0.2, 0.25) is 0 Å². The van der Waals surface area contributed by atoms with Crippen LogP contribution in [0.25, 0.3) is 16.7 Å². The Labute approximate surface area is 103 Å². The highest BCUT2D eigenvalue weighted by molar-refractivity contribution is 9.10. The van der Waals surface area contributed by atoms with Gasteiger partial charge in [-0.1, -0.05) is 15.9 Å². The number of H-pyrrole nitrogens is 1. The molecule has 0 atom stereocenters. The fourth-order valence-corrected chi connectivity index (χ4v) is 1.95. The fraction of sp³-hybridized carbons (Fsp3) is 0. The highest BCUT2D eigenvalue weighted by atomic mass is 79.9. The summed E-state index contributed by atoms with van der Waals surface area (Å²) >= 11 is 3.35. The summed E-state index contributed by atoms with van der Waals surface area (Å²) < 4.78 is 2.09. The molecule has 0 radical (unpaired) electrons. The van der Waals surface area contributed by atoms with Gasteiger partial charge < -0.3 is 0 Å². The van der Waals surface area contributed by atoms with E-state index in [9.17, 15) is 4.79 Å². The lowest BCUT2D eigenvalue weighted by Crippen LogP contribution is -2.22. The van der Waals surface area contributed by atoms with E-state index in [2.05, 4.69) is 36.2 Å². The molecule has 0 fully saturated rings. The molecular weight excluding hydrogens is 286 g/mol. The van der Waals surface area contributed by atoms with Crippen LogP contribution in [0, 0.1) is 0 Å². The molecule has 0 spiro atoms. The molecule has 0 unspecified atom stereocenters. The summed E-state index contributed by atoms with van der Waals surface area (Å²) in [6, 6.07) is 5.40. The number of fused-ring (bicyclic) bond motifs is 1. The molecule has 3 rings (SSSR count).